The Hall–Kier alpha value is -1.80. The van der Waals surface area contributed by atoms with Crippen molar-refractivity contribution in [2.45, 2.75) is 9.92 Å². The number of nitro benzene ring substituents is 1. The molecule has 0 bridgehead atoms. The van der Waals surface area contributed by atoms with Crippen molar-refractivity contribution in [3.63, 3.8) is 0 Å². The summed E-state index contributed by atoms with van der Waals surface area (Å²) >= 11 is 1.15. The standard InChI is InChI=1S/C9H6N2O4S2/c12-11(13)7-2-1-3-8(4-7)17(14,15)9-5-16-6-10-9/h1-6H. The van der Waals surface area contributed by atoms with Crippen LogP contribution in [0.5, 0.6) is 0 Å². The number of nitrogens with zero attached hydrogens (tertiary/aromatic N) is 2. The van der Waals surface area contributed by atoms with Crippen LogP contribution in [-0.2, 0) is 9.84 Å². The van der Waals surface area contributed by atoms with Crippen LogP contribution in [0.2, 0.25) is 0 Å². The topological polar surface area (TPSA) is 90.2 Å². The molecule has 0 aliphatic carbocycles. The molecule has 8 heteroatoms. The zero-order chi connectivity index (χ0) is 12.5. The Bertz CT molecular complexity index is 649. The van der Waals surface area contributed by atoms with Gasteiger partial charge < -0.3 is 0 Å². The lowest BCUT2D eigenvalue weighted by molar-refractivity contribution is -0.385. The Morgan fingerprint density at radius 2 is 2.12 bits per heavy atom. The van der Waals surface area contributed by atoms with Gasteiger partial charge in [0.1, 0.15) is 0 Å². The number of benzene rings is 1. The first-order valence-electron chi connectivity index (χ1n) is 4.39. The van der Waals surface area contributed by atoms with E-state index in [-0.39, 0.29) is 15.6 Å². The van der Waals surface area contributed by atoms with Crippen molar-refractivity contribution in [2.75, 3.05) is 0 Å². The van der Waals surface area contributed by atoms with Crippen LogP contribution in [-0.4, -0.2) is 18.3 Å². The third-order valence-electron chi connectivity index (χ3n) is 2.02. The lowest BCUT2D eigenvalue weighted by Crippen LogP contribution is -2.02. The Kier molecular flexibility index (Phi) is 2.90. The predicted octanol–water partition coefficient (Wildman–Crippen LogP) is 1.88. The Morgan fingerprint density at radius 3 is 2.71 bits per heavy atom. The molecule has 1 aromatic carbocycles. The van der Waals surface area contributed by atoms with E-state index in [0.717, 1.165) is 17.4 Å². The summed E-state index contributed by atoms with van der Waals surface area (Å²) in [5.74, 6) is 0. The average Bonchev–Trinajstić information content (AvgIpc) is 2.83. The second-order valence-corrected chi connectivity index (χ2v) is 5.70. The monoisotopic (exact) mass is 270 g/mol. The van der Waals surface area contributed by atoms with Gasteiger partial charge in [0, 0.05) is 17.5 Å². The van der Waals surface area contributed by atoms with Gasteiger partial charge in [-0.1, -0.05) is 6.07 Å². The zero-order valence-electron chi connectivity index (χ0n) is 8.31. The number of rotatable bonds is 3. The highest BCUT2D eigenvalue weighted by Crippen LogP contribution is 2.23. The maximum atomic E-state index is 12.0. The van der Waals surface area contributed by atoms with Gasteiger partial charge in [-0.15, -0.1) is 11.3 Å². The molecule has 0 saturated carbocycles. The molecule has 0 radical (unpaired) electrons. The predicted molar refractivity (Wildman–Crippen MR) is 60.7 cm³/mol. The van der Waals surface area contributed by atoms with Crippen molar-refractivity contribution >= 4 is 26.9 Å². The van der Waals surface area contributed by atoms with E-state index in [0.29, 0.717) is 0 Å². The number of sulfone groups is 1. The van der Waals surface area contributed by atoms with Crippen LogP contribution in [0.25, 0.3) is 0 Å². The van der Waals surface area contributed by atoms with Crippen LogP contribution in [0, 0.1) is 10.1 Å². The smallest absolute Gasteiger partial charge is 0.258 e. The van der Waals surface area contributed by atoms with Crippen molar-refractivity contribution in [1.29, 1.82) is 0 Å². The molecule has 88 valence electrons. The van der Waals surface area contributed by atoms with Crippen molar-refractivity contribution in [1.82, 2.24) is 4.98 Å². The summed E-state index contributed by atoms with van der Waals surface area (Å²) in [6, 6.07) is 4.90. The second kappa shape index (κ2) is 4.22. The van der Waals surface area contributed by atoms with Gasteiger partial charge in [-0.05, 0) is 6.07 Å². The molecule has 2 aromatic rings. The van der Waals surface area contributed by atoms with Gasteiger partial charge >= 0.3 is 0 Å². The van der Waals surface area contributed by atoms with Crippen molar-refractivity contribution in [3.05, 3.63) is 45.3 Å². The van der Waals surface area contributed by atoms with Gasteiger partial charge in [-0.3, -0.25) is 10.1 Å². The van der Waals surface area contributed by atoms with Gasteiger partial charge in [-0.25, -0.2) is 13.4 Å². The summed E-state index contributed by atoms with van der Waals surface area (Å²) in [7, 11) is -3.76. The maximum Gasteiger partial charge on any atom is 0.270 e. The first-order chi connectivity index (χ1) is 8.01. The Balaban J connectivity index is 2.55. The highest BCUT2D eigenvalue weighted by molar-refractivity contribution is 7.91. The molecule has 17 heavy (non-hydrogen) atoms. The highest BCUT2D eigenvalue weighted by atomic mass is 32.2. The SMILES string of the molecule is O=[N+]([O-])c1cccc(S(=O)(=O)c2cscn2)c1. The van der Waals surface area contributed by atoms with Crippen LogP contribution in [0.1, 0.15) is 0 Å². The third-order valence-corrected chi connectivity index (χ3v) is 4.41. The van der Waals surface area contributed by atoms with Crippen LogP contribution in [0.4, 0.5) is 5.69 Å². The van der Waals surface area contributed by atoms with E-state index in [4.69, 9.17) is 0 Å². The lowest BCUT2D eigenvalue weighted by Gasteiger charge is -2.00. The van der Waals surface area contributed by atoms with Gasteiger partial charge in [0.05, 0.1) is 15.3 Å². The number of non-ortho nitro benzene ring substituents is 1. The molecule has 6 nitrogen and oxygen atoms in total. The number of hydrogen-bond acceptors (Lipinski definition) is 6. The second-order valence-electron chi connectivity index (χ2n) is 3.08. The van der Waals surface area contributed by atoms with E-state index in [2.05, 4.69) is 4.98 Å². The van der Waals surface area contributed by atoms with Gasteiger partial charge in [0.15, 0.2) is 5.03 Å². The molecule has 0 N–H and O–H groups in total. The quantitative estimate of drug-likeness (QED) is 0.627. The molecule has 0 unspecified atom stereocenters. The normalized spacial score (nSPS) is 11.3. The number of hydrogen-bond donors (Lipinski definition) is 0. The van der Waals surface area contributed by atoms with Crippen molar-refractivity contribution < 1.29 is 13.3 Å². The van der Waals surface area contributed by atoms with E-state index in [9.17, 15) is 18.5 Å². The van der Waals surface area contributed by atoms with Crippen molar-refractivity contribution in [2.24, 2.45) is 0 Å². The van der Waals surface area contributed by atoms with E-state index in [1.807, 2.05) is 0 Å². The average molecular weight is 270 g/mol. The van der Waals surface area contributed by atoms with Crippen LogP contribution >= 0.6 is 11.3 Å². The summed E-state index contributed by atoms with van der Waals surface area (Å²) in [6.07, 6.45) is 0. The Labute approximate surface area is 101 Å². The van der Waals surface area contributed by atoms with Crippen LogP contribution in [0.3, 0.4) is 0 Å². The molecule has 1 heterocycles. The molecule has 0 atom stereocenters. The lowest BCUT2D eigenvalue weighted by atomic mass is 10.3. The minimum absolute atomic E-state index is 0.0944. The van der Waals surface area contributed by atoms with Gasteiger partial charge in [-0.2, -0.15) is 0 Å². The van der Waals surface area contributed by atoms with Gasteiger partial charge in [0.2, 0.25) is 9.84 Å². The highest BCUT2D eigenvalue weighted by Gasteiger charge is 2.21. The Morgan fingerprint density at radius 1 is 1.35 bits per heavy atom. The van der Waals surface area contributed by atoms with Crippen LogP contribution in [0.15, 0.2) is 45.1 Å². The van der Waals surface area contributed by atoms with E-state index >= 15 is 0 Å². The summed E-state index contributed by atoms with van der Waals surface area (Å²) in [4.78, 5) is 13.5. The first-order valence-corrected chi connectivity index (χ1v) is 6.82. The maximum absolute atomic E-state index is 12.0. The minimum atomic E-state index is -3.76. The fourth-order valence-corrected chi connectivity index (χ4v) is 3.34. The van der Waals surface area contributed by atoms with E-state index in [1.165, 1.54) is 29.1 Å². The van der Waals surface area contributed by atoms with Gasteiger partial charge in [0.25, 0.3) is 5.69 Å². The molecule has 0 aliphatic rings. The molecule has 2 rings (SSSR count). The molecule has 0 fully saturated rings. The van der Waals surface area contributed by atoms with E-state index < -0.39 is 14.8 Å². The molecule has 0 amide bonds. The van der Waals surface area contributed by atoms with Crippen LogP contribution < -0.4 is 0 Å². The minimum Gasteiger partial charge on any atom is -0.258 e. The third kappa shape index (κ3) is 2.17. The summed E-state index contributed by atoms with van der Waals surface area (Å²) < 4.78 is 24.0. The first kappa shape index (κ1) is 11.7. The fourth-order valence-electron chi connectivity index (χ4n) is 1.22. The largest absolute Gasteiger partial charge is 0.270 e. The number of aromatic nitrogens is 1. The summed E-state index contributed by atoms with van der Waals surface area (Å²) in [5, 5.41) is 11.9. The zero-order valence-corrected chi connectivity index (χ0v) is 9.94. The fraction of sp³-hybridized carbons (Fsp3) is 0. The summed E-state index contributed by atoms with van der Waals surface area (Å²) in [6.45, 7) is 0. The number of thiazole rings is 1. The molecular weight excluding hydrogens is 264 g/mol. The number of nitro groups is 1. The van der Waals surface area contributed by atoms with E-state index in [1.54, 1.807) is 0 Å². The summed E-state index contributed by atoms with van der Waals surface area (Å²) in [5.41, 5.74) is 1.13. The van der Waals surface area contributed by atoms with Crippen molar-refractivity contribution in [3.8, 4) is 0 Å². The molecule has 0 spiro atoms. The molecule has 1 aromatic heterocycles. The molecule has 0 aliphatic heterocycles. The molecular formula is C9H6N2O4S2. The molecule has 0 saturated heterocycles.